The van der Waals surface area contributed by atoms with Crippen LogP contribution in [0.25, 0.3) is 0 Å². The quantitative estimate of drug-likeness (QED) is 0.0912. The van der Waals surface area contributed by atoms with Gasteiger partial charge in [-0.2, -0.15) is 0 Å². The molecule has 16 nitrogen and oxygen atoms in total. The fourth-order valence-corrected chi connectivity index (χ4v) is 6.44. The van der Waals surface area contributed by atoms with Gasteiger partial charge in [0.15, 0.2) is 6.29 Å². The maximum absolute atomic E-state index is 12.7. The summed E-state index contributed by atoms with van der Waals surface area (Å²) in [5.74, 6) is 0.495. The van der Waals surface area contributed by atoms with Gasteiger partial charge in [-0.05, 0) is 71.2 Å². The van der Waals surface area contributed by atoms with Crippen molar-refractivity contribution in [2.24, 2.45) is 28.9 Å². The van der Waals surface area contributed by atoms with Crippen molar-refractivity contribution in [1.29, 1.82) is 0 Å². The number of ether oxygens (including phenoxy) is 4. The van der Waals surface area contributed by atoms with Crippen molar-refractivity contribution in [1.82, 2.24) is 16.0 Å². The SMILES string of the molecule is CN[C@@H]1[C@@H](O)[C@@H](O[C@@H]2[C@@H](O)[C@H](O[C@H]3OC(CNCC4CC(N)C4)=CC[C@H]3N)[C@@H](N)C[C@H]2NC(=O)[C@@H](O)CCN)OC[C@]1(C)O. The summed E-state index contributed by atoms with van der Waals surface area (Å²) in [5.41, 5.74) is 22.8. The number of hydrogen-bond donors (Lipinski definition) is 11. The highest BCUT2D eigenvalue weighted by atomic mass is 16.7. The molecule has 16 heteroatoms. The molecule has 0 unspecified atom stereocenters. The lowest BCUT2D eigenvalue weighted by molar-refractivity contribution is -0.304. The molecule has 2 aliphatic heterocycles. The van der Waals surface area contributed by atoms with E-state index in [1.54, 1.807) is 7.05 Å². The second-order valence-corrected chi connectivity index (χ2v) is 12.9. The highest BCUT2D eigenvalue weighted by Gasteiger charge is 2.52. The van der Waals surface area contributed by atoms with Crippen molar-refractivity contribution >= 4 is 5.91 Å². The molecule has 4 aliphatic rings. The number of nitrogens with two attached hydrogens (primary N) is 4. The number of amides is 1. The average molecular weight is 632 g/mol. The molecule has 2 heterocycles. The molecular formula is C28H53N7O9. The zero-order valence-corrected chi connectivity index (χ0v) is 25.6. The standard InChI is InChI=1S/C28H53N7O9/c1-28(40)12-41-27(21(38)24(28)33-2)44-23-18(35-25(39)19(36)5-6-29)9-17(32)22(20(23)37)43-26-16(31)4-3-15(42-26)11-34-10-13-7-14(30)8-13/h3,13-14,16-24,26-27,33-34,36-38,40H,4-12,29-32H2,1-2H3,(H,35,39)/t13?,14?,16-,17+,18-,19+,20+,21-,22-,23+,24-,26-,27-,28+/m1/s1. The molecule has 4 rings (SSSR count). The molecule has 0 bridgehead atoms. The largest absolute Gasteiger partial charge is 0.467 e. The zero-order valence-electron chi connectivity index (χ0n) is 25.6. The minimum Gasteiger partial charge on any atom is -0.467 e. The zero-order chi connectivity index (χ0) is 32.2. The summed E-state index contributed by atoms with van der Waals surface area (Å²) in [6.45, 7) is 2.74. The second-order valence-electron chi connectivity index (χ2n) is 12.9. The fraction of sp³-hybridized carbons (Fsp3) is 0.893. The summed E-state index contributed by atoms with van der Waals surface area (Å²) < 4.78 is 24.0. The van der Waals surface area contributed by atoms with Crippen molar-refractivity contribution in [3.63, 3.8) is 0 Å². The van der Waals surface area contributed by atoms with Gasteiger partial charge in [0, 0.05) is 12.1 Å². The molecule has 0 aromatic heterocycles. The van der Waals surface area contributed by atoms with Gasteiger partial charge in [0.1, 0.15) is 41.9 Å². The predicted molar refractivity (Wildman–Crippen MR) is 158 cm³/mol. The lowest BCUT2D eigenvalue weighted by Crippen LogP contribution is -2.69. The molecular weight excluding hydrogens is 578 g/mol. The number of aliphatic hydroxyl groups excluding tert-OH is 3. The first-order valence-electron chi connectivity index (χ1n) is 15.5. The van der Waals surface area contributed by atoms with E-state index in [2.05, 4.69) is 16.0 Å². The van der Waals surface area contributed by atoms with Gasteiger partial charge < -0.3 is 78.3 Å². The van der Waals surface area contributed by atoms with Gasteiger partial charge in [0.05, 0.1) is 31.3 Å². The first-order valence-corrected chi connectivity index (χ1v) is 15.5. The van der Waals surface area contributed by atoms with E-state index in [4.69, 9.17) is 41.9 Å². The number of hydrogen-bond acceptors (Lipinski definition) is 15. The summed E-state index contributed by atoms with van der Waals surface area (Å²) in [4.78, 5) is 12.7. The van der Waals surface area contributed by atoms with E-state index in [1.807, 2.05) is 6.08 Å². The minimum atomic E-state index is -1.44. The van der Waals surface area contributed by atoms with E-state index in [9.17, 15) is 25.2 Å². The van der Waals surface area contributed by atoms with Gasteiger partial charge in [0.25, 0.3) is 0 Å². The Kier molecular flexibility index (Phi) is 12.4. The maximum atomic E-state index is 12.7. The van der Waals surface area contributed by atoms with Crippen molar-refractivity contribution in [3.05, 3.63) is 11.8 Å². The number of carbonyl (C=O) groups excluding carboxylic acids is 1. The lowest BCUT2D eigenvalue weighted by atomic mass is 9.81. The van der Waals surface area contributed by atoms with Crippen molar-refractivity contribution in [2.75, 3.05) is 33.3 Å². The molecule has 1 amide bonds. The molecule has 0 spiro atoms. The number of rotatable bonds is 13. The lowest BCUT2D eigenvalue weighted by Gasteiger charge is -2.49. The van der Waals surface area contributed by atoms with Crippen LogP contribution in [0.5, 0.6) is 0 Å². The second kappa shape index (κ2) is 15.4. The van der Waals surface area contributed by atoms with Gasteiger partial charge in [-0.25, -0.2) is 0 Å². The monoisotopic (exact) mass is 631 g/mol. The van der Waals surface area contributed by atoms with E-state index < -0.39 is 78.8 Å². The molecule has 15 N–H and O–H groups in total. The van der Waals surface area contributed by atoms with E-state index in [1.165, 1.54) is 6.92 Å². The number of nitrogens with one attached hydrogen (secondary N) is 3. The van der Waals surface area contributed by atoms with Crippen LogP contribution in [0.1, 0.15) is 39.0 Å². The predicted octanol–water partition coefficient (Wildman–Crippen LogP) is -4.62. The van der Waals surface area contributed by atoms with Crippen LogP contribution in [0.15, 0.2) is 11.8 Å². The molecule has 0 aromatic carbocycles. The molecule has 2 saturated carbocycles. The Morgan fingerprint density at radius 2 is 1.82 bits per heavy atom. The van der Waals surface area contributed by atoms with Crippen LogP contribution >= 0.6 is 0 Å². The van der Waals surface area contributed by atoms with Gasteiger partial charge >= 0.3 is 0 Å². The molecule has 12 atom stereocenters. The third-order valence-electron chi connectivity index (χ3n) is 9.05. The normalized spacial score (nSPS) is 43.4. The third-order valence-corrected chi connectivity index (χ3v) is 9.05. The van der Waals surface area contributed by atoms with Gasteiger partial charge in [-0.1, -0.05) is 0 Å². The van der Waals surface area contributed by atoms with Crippen LogP contribution in [-0.2, 0) is 23.7 Å². The first-order chi connectivity index (χ1) is 20.8. The van der Waals surface area contributed by atoms with Crippen LogP contribution in [0, 0.1) is 5.92 Å². The highest BCUT2D eigenvalue weighted by molar-refractivity contribution is 5.80. The number of likely N-dealkylation sites (N-methyl/N-ethyl adjacent to an activating group) is 1. The minimum absolute atomic E-state index is 0.0314. The Balaban J connectivity index is 1.45. The topological polar surface area (TPSA) is 275 Å². The number of carbonyl (C=O) groups is 1. The van der Waals surface area contributed by atoms with Crippen molar-refractivity contribution in [2.45, 2.75) is 118 Å². The van der Waals surface area contributed by atoms with E-state index >= 15 is 0 Å². The smallest absolute Gasteiger partial charge is 0.249 e. The summed E-state index contributed by atoms with van der Waals surface area (Å²) in [7, 11) is 1.58. The summed E-state index contributed by atoms with van der Waals surface area (Å²) in [6.07, 6.45) is -4.09. The highest BCUT2D eigenvalue weighted by Crippen LogP contribution is 2.32. The molecule has 1 saturated heterocycles. The fourth-order valence-electron chi connectivity index (χ4n) is 6.44. The summed E-state index contributed by atoms with van der Waals surface area (Å²) in [5, 5.41) is 52.4. The van der Waals surface area contributed by atoms with Crippen molar-refractivity contribution in [3.8, 4) is 0 Å². The first kappa shape index (κ1) is 35.3. The van der Waals surface area contributed by atoms with E-state index in [0.29, 0.717) is 24.6 Å². The molecule has 44 heavy (non-hydrogen) atoms. The van der Waals surface area contributed by atoms with Gasteiger partial charge in [-0.3, -0.25) is 4.79 Å². The molecule has 3 fully saturated rings. The summed E-state index contributed by atoms with van der Waals surface area (Å²) >= 11 is 0. The Labute approximate surface area is 258 Å². The molecule has 254 valence electrons. The van der Waals surface area contributed by atoms with E-state index in [-0.39, 0.29) is 32.0 Å². The van der Waals surface area contributed by atoms with Gasteiger partial charge in [-0.15, -0.1) is 0 Å². The van der Waals surface area contributed by atoms with E-state index in [0.717, 1.165) is 19.4 Å². The Morgan fingerprint density at radius 1 is 1.11 bits per heavy atom. The van der Waals surface area contributed by atoms with Crippen molar-refractivity contribution < 1.29 is 44.2 Å². The molecule has 0 radical (unpaired) electrons. The van der Waals surface area contributed by atoms with Gasteiger partial charge in [0.2, 0.25) is 12.2 Å². The van der Waals surface area contributed by atoms with Crippen LogP contribution in [0.2, 0.25) is 0 Å². The Bertz CT molecular complexity index is 972. The van der Waals surface area contributed by atoms with Crippen LogP contribution in [0.4, 0.5) is 0 Å². The van der Waals surface area contributed by atoms with Crippen LogP contribution < -0.4 is 38.9 Å². The summed E-state index contributed by atoms with van der Waals surface area (Å²) in [6, 6.07) is -2.77. The van der Waals surface area contributed by atoms with Crippen LogP contribution in [-0.4, -0.2) is 139 Å². The Morgan fingerprint density at radius 3 is 2.48 bits per heavy atom. The molecule has 2 aliphatic carbocycles. The number of aliphatic hydroxyl groups is 4. The Hall–Kier alpha value is -1.51. The molecule has 0 aromatic rings. The maximum Gasteiger partial charge on any atom is 0.249 e. The average Bonchev–Trinajstić information content (AvgIpc) is 2.94. The van der Waals surface area contributed by atoms with Crippen LogP contribution in [0.3, 0.4) is 0 Å². The third kappa shape index (κ3) is 8.44.